The number of hydrogen-bond donors (Lipinski definition) is 0. The highest BCUT2D eigenvalue weighted by molar-refractivity contribution is 8.18. The molecule has 1 heterocycles. The van der Waals surface area contributed by atoms with Crippen molar-refractivity contribution in [1.29, 1.82) is 0 Å². The van der Waals surface area contributed by atoms with Crippen molar-refractivity contribution in [3.8, 4) is 11.5 Å². The van der Waals surface area contributed by atoms with Crippen molar-refractivity contribution in [3.05, 3.63) is 99.2 Å². The average Bonchev–Trinajstić information content (AvgIpc) is 3.07. The lowest BCUT2D eigenvalue weighted by Crippen LogP contribution is -2.27. The summed E-state index contributed by atoms with van der Waals surface area (Å²) < 4.78 is 24.4. The van der Waals surface area contributed by atoms with E-state index in [9.17, 15) is 14.0 Å². The third-order valence-electron chi connectivity index (χ3n) is 4.92. The van der Waals surface area contributed by atoms with Crippen LogP contribution in [0.1, 0.15) is 16.7 Å². The molecule has 0 unspecified atom stereocenters. The monoisotopic (exact) mass is 483 g/mol. The standard InChI is InChI=1S/C25H19ClFNO4S/c1-31-22-12-18(6-11-21(22)32-15-17-2-7-19(26)8-3-17)13-23-24(29)28(25(30)33-23)14-16-4-9-20(27)10-5-16/h2-13H,14-15H2,1H3/b23-13+. The van der Waals surface area contributed by atoms with E-state index in [0.717, 1.165) is 22.2 Å². The number of imide groups is 1. The maximum absolute atomic E-state index is 13.1. The first kappa shape index (κ1) is 22.9. The largest absolute Gasteiger partial charge is 0.493 e. The number of ether oxygens (including phenoxy) is 2. The van der Waals surface area contributed by atoms with E-state index < -0.39 is 5.91 Å². The van der Waals surface area contributed by atoms with Crippen LogP contribution in [-0.4, -0.2) is 23.2 Å². The topological polar surface area (TPSA) is 55.8 Å². The van der Waals surface area contributed by atoms with Crippen LogP contribution in [0.25, 0.3) is 6.08 Å². The fraction of sp³-hybridized carbons (Fsp3) is 0.120. The van der Waals surface area contributed by atoms with E-state index in [2.05, 4.69) is 0 Å². The highest BCUT2D eigenvalue weighted by Crippen LogP contribution is 2.35. The predicted octanol–water partition coefficient (Wildman–Crippen LogP) is 6.30. The molecule has 168 valence electrons. The first-order chi connectivity index (χ1) is 15.9. The Labute approximate surface area is 199 Å². The molecule has 0 aromatic heterocycles. The molecule has 3 aromatic rings. The Kier molecular flexibility index (Phi) is 7.01. The van der Waals surface area contributed by atoms with Gasteiger partial charge in [-0.05, 0) is 70.9 Å². The van der Waals surface area contributed by atoms with Gasteiger partial charge in [0, 0.05) is 5.02 Å². The molecule has 0 atom stereocenters. The van der Waals surface area contributed by atoms with E-state index in [1.54, 1.807) is 48.5 Å². The fourth-order valence-electron chi connectivity index (χ4n) is 3.19. The zero-order valence-electron chi connectivity index (χ0n) is 17.6. The summed E-state index contributed by atoms with van der Waals surface area (Å²) in [5, 5.41) is 0.285. The highest BCUT2D eigenvalue weighted by Gasteiger charge is 2.35. The number of halogens is 2. The Bertz CT molecular complexity index is 1210. The minimum atomic E-state index is -0.392. The Morgan fingerprint density at radius 3 is 2.36 bits per heavy atom. The molecule has 0 spiro atoms. The number of amides is 2. The van der Waals surface area contributed by atoms with Crippen molar-refractivity contribution in [2.45, 2.75) is 13.2 Å². The number of carbonyl (C=O) groups is 2. The maximum atomic E-state index is 13.1. The Hall–Kier alpha value is -3.29. The quantitative estimate of drug-likeness (QED) is 0.369. The van der Waals surface area contributed by atoms with Gasteiger partial charge in [0.05, 0.1) is 18.6 Å². The van der Waals surface area contributed by atoms with Crippen LogP contribution in [0.4, 0.5) is 9.18 Å². The Morgan fingerprint density at radius 2 is 1.67 bits per heavy atom. The minimum Gasteiger partial charge on any atom is -0.493 e. The van der Waals surface area contributed by atoms with E-state index in [1.165, 1.54) is 19.2 Å². The first-order valence-electron chi connectivity index (χ1n) is 9.98. The van der Waals surface area contributed by atoms with Crippen LogP contribution < -0.4 is 9.47 Å². The number of carbonyl (C=O) groups excluding carboxylic acids is 2. The fourth-order valence-corrected chi connectivity index (χ4v) is 4.16. The summed E-state index contributed by atoms with van der Waals surface area (Å²) in [4.78, 5) is 26.6. The number of benzene rings is 3. The molecule has 0 aliphatic carbocycles. The van der Waals surface area contributed by atoms with Gasteiger partial charge < -0.3 is 9.47 Å². The van der Waals surface area contributed by atoms with Crippen molar-refractivity contribution >= 4 is 40.6 Å². The molecule has 5 nitrogen and oxygen atoms in total. The normalized spacial score (nSPS) is 14.8. The highest BCUT2D eigenvalue weighted by atomic mass is 35.5. The molecule has 33 heavy (non-hydrogen) atoms. The third kappa shape index (κ3) is 5.56. The van der Waals surface area contributed by atoms with Crippen molar-refractivity contribution in [1.82, 2.24) is 4.90 Å². The van der Waals surface area contributed by atoms with Gasteiger partial charge >= 0.3 is 0 Å². The molecule has 1 aliphatic heterocycles. The van der Waals surface area contributed by atoms with Gasteiger partial charge in [-0.1, -0.05) is 41.9 Å². The van der Waals surface area contributed by atoms with Crippen molar-refractivity contribution in [2.24, 2.45) is 0 Å². The zero-order chi connectivity index (χ0) is 23.4. The summed E-state index contributed by atoms with van der Waals surface area (Å²) in [5.74, 6) is 0.288. The van der Waals surface area contributed by atoms with E-state index in [0.29, 0.717) is 39.2 Å². The van der Waals surface area contributed by atoms with Crippen LogP contribution >= 0.6 is 23.4 Å². The van der Waals surface area contributed by atoms with Crippen LogP contribution in [0.15, 0.2) is 71.6 Å². The number of rotatable bonds is 7. The third-order valence-corrected chi connectivity index (χ3v) is 6.08. The van der Waals surface area contributed by atoms with E-state index in [-0.39, 0.29) is 17.6 Å². The first-order valence-corrected chi connectivity index (χ1v) is 11.2. The summed E-state index contributed by atoms with van der Waals surface area (Å²) in [7, 11) is 1.53. The molecular formula is C25H19ClFNO4S. The van der Waals surface area contributed by atoms with Gasteiger partial charge in [-0.15, -0.1) is 0 Å². The van der Waals surface area contributed by atoms with E-state index in [4.69, 9.17) is 21.1 Å². The Morgan fingerprint density at radius 1 is 0.970 bits per heavy atom. The Balaban J connectivity index is 1.47. The smallest absolute Gasteiger partial charge is 0.293 e. The van der Waals surface area contributed by atoms with Crippen molar-refractivity contribution in [3.63, 3.8) is 0 Å². The lowest BCUT2D eigenvalue weighted by molar-refractivity contribution is -0.123. The molecular weight excluding hydrogens is 465 g/mol. The number of hydrogen-bond acceptors (Lipinski definition) is 5. The van der Waals surface area contributed by atoms with Crippen LogP contribution in [0, 0.1) is 5.82 Å². The van der Waals surface area contributed by atoms with Gasteiger partial charge in [0.2, 0.25) is 0 Å². The van der Waals surface area contributed by atoms with Gasteiger partial charge in [-0.2, -0.15) is 0 Å². The second-order valence-electron chi connectivity index (χ2n) is 7.22. The van der Waals surface area contributed by atoms with E-state index in [1.807, 2.05) is 12.1 Å². The van der Waals surface area contributed by atoms with Crippen LogP contribution in [0.2, 0.25) is 5.02 Å². The van der Waals surface area contributed by atoms with Gasteiger partial charge in [-0.25, -0.2) is 4.39 Å². The molecule has 4 rings (SSSR count). The summed E-state index contributed by atoms with van der Waals surface area (Å²) in [6.07, 6.45) is 1.64. The molecule has 8 heteroatoms. The minimum absolute atomic E-state index is 0.0864. The lowest BCUT2D eigenvalue weighted by Gasteiger charge is -2.12. The number of thioether (sulfide) groups is 1. The van der Waals surface area contributed by atoms with Gasteiger partial charge in [0.25, 0.3) is 11.1 Å². The molecule has 0 radical (unpaired) electrons. The molecule has 0 N–H and O–H groups in total. The van der Waals surface area contributed by atoms with Gasteiger partial charge in [0.1, 0.15) is 12.4 Å². The van der Waals surface area contributed by atoms with Crippen molar-refractivity contribution < 1.29 is 23.5 Å². The summed E-state index contributed by atoms with van der Waals surface area (Å²) >= 11 is 6.78. The molecule has 2 amide bonds. The summed E-state index contributed by atoms with van der Waals surface area (Å²) in [6, 6.07) is 18.3. The molecule has 0 saturated carbocycles. The number of nitrogens with zero attached hydrogens (tertiary/aromatic N) is 1. The molecule has 3 aromatic carbocycles. The molecule has 1 fully saturated rings. The van der Waals surface area contributed by atoms with E-state index >= 15 is 0 Å². The van der Waals surface area contributed by atoms with Gasteiger partial charge in [-0.3, -0.25) is 14.5 Å². The number of methoxy groups -OCH3 is 1. The average molecular weight is 484 g/mol. The van der Waals surface area contributed by atoms with Crippen LogP contribution in [-0.2, 0) is 17.9 Å². The second-order valence-corrected chi connectivity index (χ2v) is 8.65. The molecule has 1 aliphatic rings. The maximum Gasteiger partial charge on any atom is 0.293 e. The predicted molar refractivity (Wildman–Crippen MR) is 127 cm³/mol. The molecule has 0 bridgehead atoms. The van der Waals surface area contributed by atoms with Crippen LogP contribution in [0.5, 0.6) is 11.5 Å². The molecule has 1 saturated heterocycles. The second kappa shape index (κ2) is 10.1. The van der Waals surface area contributed by atoms with Crippen LogP contribution in [0.3, 0.4) is 0 Å². The van der Waals surface area contributed by atoms with Gasteiger partial charge in [0.15, 0.2) is 11.5 Å². The SMILES string of the molecule is COc1cc(/C=C2/SC(=O)N(Cc3ccc(F)cc3)C2=O)ccc1OCc1ccc(Cl)cc1. The zero-order valence-corrected chi connectivity index (χ0v) is 19.2. The summed E-state index contributed by atoms with van der Waals surface area (Å²) in [6.45, 7) is 0.429. The summed E-state index contributed by atoms with van der Waals surface area (Å²) in [5.41, 5.74) is 2.32. The van der Waals surface area contributed by atoms with Crippen molar-refractivity contribution in [2.75, 3.05) is 7.11 Å². The lowest BCUT2D eigenvalue weighted by atomic mass is 10.1.